The fourth-order valence-electron chi connectivity index (χ4n) is 2.92. The molecule has 0 unspecified atom stereocenters. The molecule has 0 saturated carbocycles. The third-order valence-electron chi connectivity index (χ3n) is 4.28. The molecular weight excluding hydrogens is 338 g/mol. The first-order valence-corrected chi connectivity index (χ1v) is 9.38. The number of ether oxygens (including phenoxy) is 1. The van der Waals surface area contributed by atoms with Gasteiger partial charge in [-0.05, 0) is 24.3 Å². The second kappa shape index (κ2) is 7.13. The Hall–Kier alpha value is -2.56. The fourth-order valence-corrected chi connectivity index (χ4v) is 4.48. The van der Waals surface area contributed by atoms with E-state index >= 15 is 0 Å². The Labute approximate surface area is 147 Å². The molecule has 1 aliphatic rings. The summed E-state index contributed by atoms with van der Waals surface area (Å²) < 4.78 is 32.4. The molecule has 0 aromatic heterocycles. The van der Waals surface area contributed by atoms with Gasteiger partial charge in [-0.25, -0.2) is 8.42 Å². The second-order valence-corrected chi connectivity index (χ2v) is 7.61. The summed E-state index contributed by atoms with van der Waals surface area (Å²) in [5, 5.41) is 9.17. The van der Waals surface area contributed by atoms with Crippen LogP contribution in [0.3, 0.4) is 0 Å². The molecule has 0 atom stereocenters. The quantitative estimate of drug-likeness (QED) is 0.838. The van der Waals surface area contributed by atoms with E-state index in [0.29, 0.717) is 26.2 Å². The van der Waals surface area contributed by atoms with E-state index in [1.54, 1.807) is 19.2 Å². The normalized spacial score (nSPS) is 15.6. The lowest BCUT2D eigenvalue weighted by Crippen LogP contribution is -2.48. The van der Waals surface area contributed by atoms with Gasteiger partial charge in [0.2, 0.25) is 10.0 Å². The zero-order chi connectivity index (χ0) is 17.9. The van der Waals surface area contributed by atoms with Crippen molar-refractivity contribution in [2.24, 2.45) is 0 Å². The summed E-state index contributed by atoms with van der Waals surface area (Å²) in [6, 6.07) is 16.0. The summed E-state index contributed by atoms with van der Waals surface area (Å²) in [6.07, 6.45) is 0. The summed E-state index contributed by atoms with van der Waals surface area (Å²) in [5.41, 5.74) is 1.19. The van der Waals surface area contributed by atoms with E-state index in [2.05, 4.69) is 4.90 Å². The van der Waals surface area contributed by atoms with Crippen LogP contribution >= 0.6 is 0 Å². The first-order chi connectivity index (χ1) is 12.1. The van der Waals surface area contributed by atoms with Crippen molar-refractivity contribution in [1.29, 1.82) is 5.26 Å². The lowest BCUT2D eigenvalue weighted by Gasteiger charge is -2.35. The van der Waals surface area contributed by atoms with Gasteiger partial charge in [-0.15, -0.1) is 0 Å². The number of piperazine rings is 1. The minimum absolute atomic E-state index is 0.0762. The molecule has 7 heteroatoms. The zero-order valence-electron chi connectivity index (χ0n) is 13.9. The van der Waals surface area contributed by atoms with Crippen LogP contribution in [0.2, 0.25) is 0 Å². The number of nitrogens with zero attached hydrogens (tertiary/aromatic N) is 3. The molecule has 0 radical (unpaired) electrons. The summed E-state index contributed by atoms with van der Waals surface area (Å²) in [5.74, 6) is 0.774. The summed E-state index contributed by atoms with van der Waals surface area (Å²) in [7, 11) is -2.04. The van der Waals surface area contributed by atoms with Gasteiger partial charge in [0, 0.05) is 37.9 Å². The molecule has 2 aromatic carbocycles. The molecule has 1 saturated heterocycles. The van der Waals surface area contributed by atoms with Crippen molar-refractivity contribution in [3.05, 3.63) is 54.1 Å². The van der Waals surface area contributed by atoms with Crippen LogP contribution in [0.1, 0.15) is 5.56 Å². The highest BCUT2D eigenvalue weighted by molar-refractivity contribution is 7.89. The van der Waals surface area contributed by atoms with Crippen molar-refractivity contribution in [1.82, 2.24) is 4.31 Å². The van der Waals surface area contributed by atoms with Crippen LogP contribution in [0, 0.1) is 11.3 Å². The Morgan fingerprint density at radius 1 is 1.04 bits per heavy atom. The van der Waals surface area contributed by atoms with Crippen LogP contribution in [-0.2, 0) is 10.0 Å². The number of sulfonamides is 1. The SMILES string of the molecule is COc1cccc(N2CCN(S(=O)(=O)c3ccccc3C#N)CC2)c1. The summed E-state index contributed by atoms with van der Waals surface area (Å²) in [4.78, 5) is 2.21. The maximum absolute atomic E-state index is 12.8. The van der Waals surface area contributed by atoms with E-state index < -0.39 is 10.0 Å². The number of benzene rings is 2. The third kappa shape index (κ3) is 3.45. The molecule has 1 heterocycles. The molecule has 1 fully saturated rings. The van der Waals surface area contributed by atoms with Crippen LogP contribution < -0.4 is 9.64 Å². The lowest BCUT2D eigenvalue weighted by atomic mass is 10.2. The second-order valence-electron chi connectivity index (χ2n) is 5.70. The van der Waals surface area contributed by atoms with E-state index in [0.717, 1.165) is 11.4 Å². The van der Waals surface area contributed by atoms with Crippen LogP contribution in [0.4, 0.5) is 5.69 Å². The maximum atomic E-state index is 12.8. The van der Waals surface area contributed by atoms with Gasteiger partial charge in [0.05, 0.1) is 17.6 Å². The fraction of sp³-hybridized carbons (Fsp3) is 0.278. The standard InChI is InChI=1S/C18H19N3O3S/c1-24-17-7-4-6-16(13-17)20-9-11-21(12-10-20)25(22,23)18-8-3-2-5-15(18)14-19/h2-8,13H,9-12H2,1H3. The Morgan fingerprint density at radius 2 is 1.76 bits per heavy atom. The minimum atomic E-state index is -3.66. The van der Waals surface area contributed by atoms with Crippen molar-refractivity contribution in [2.75, 3.05) is 38.2 Å². The van der Waals surface area contributed by atoms with Crippen LogP contribution in [0.25, 0.3) is 0 Å². The van der Waals surface area contributed by atoms with E-state index in [9.17, 15) is 8.42 Å². The van der Waals surface area contributed by atoms with Crippen molar-refractivity contribution in [3.8, 4) is 11.8 Å². The highest BCUT2D eigenvalue weighted by atomic mass is 32.2. The third-order valence-corrected chi connectivity index (χ3v) is 6.24. The van der Waals surface area contributed by atoms with Gasteiger partial charge in [0.15, 0.2) is 0 Å². The van der Waals surface area contributed by atoms with E-state index in [-0.39, 0.29) is 10.5 Å². The molecule has 0 spiro atoms. The number of rotatable bonds is 4. The topological polar surface area (TPSA) is 73.6 Å². The molecule has 0 amide bonds. The van der Waals surface area contributed by atoms with Crippen molar-refractivity contribution >= 4 is 15.7 Å². The highest BCUT2D eigenvalue weighted by Gasteiger charge is 2.30. The molecule has 0 aliphatic carbocycles. The van der Waals surface area contributed by atoms with Gasteiger partial charge < -0.3 is 9.64 Å². The number of nitriles is 1. The van der Waals surface area contributed by atoms with E-state index in [1.807, 2.05) is 30.3 Å². The average Bonchev–Trinajstić information content (AvgIpc) is 2.68. The van der Waals surface area contributed by atoms with Gasteiger partial charge in [-0.3, -0.25) is 0 Å². The average molecular weight is 357 g/mol. The number of hydrogen-bond acceptors (Lipinski definition) is 5. The van der Waals surface area contributed by atoms with Gasteiger partial charge in [-0.2, -0.15) is 9.57 Å². The molecule has 1 aliphatic heterocycles. The first kappa shape index (κ1) is 17.3. The predicted molar refractivity (Wildman–Crippen MR) is 95.1 cm³/mol. The maximum Gasteiger partial charge on any atom is 0.244 e. The minimum Gasteiger partial charge on any atom is -0.497 e. The largest absolute Gasteiger partial charge is 0.497 e. The monoisotopic (exact) mass is 357 g/mol. The van der Waals surface area contributed by atoms with Crippen molar-refractivity contribution in [3.63, 3.8) is 0 Å². The smallest absolute Gasteiger partial charge is 0.244 e. The molecular formula is C18H19N3O3S. The summed E-state index contributed by atoms with van der Waals surface area (Å²) >= 11 is 0. The molecule has 0 bridgehead atoms. The van der Waals surface area contributed by atoms with Gasteiger partial charge in [0.25, 0.3) is 0 Å². The van der Waals surface area contributed by atoms with Crippen LogP contribution in [0.5, 0.6) is 5.75 Å². The molecule has 6 nitrogen and oxygen atoms in total. The molecule has 3 rings (SSSR count). The Balaban J connectivity index is 1.76. The van der Waals surface area contributed by atoms with Crippen molar-refractivity contribution in [2.45, 2.75) is 4.90 Å². The van der Waals surface area contributed by atoms with Gasteiger partial charge >= 0.3 is 0 Å². The van der Waals surface area contributed by atoms with Gasteiger partial charge in [-0.1, -0.05) is 18.2 Å². The number of anilines is 1. The van der Waals surface area contributed by atoms with Gasteiger partial charge in [0.1, 0.15) is 11.8 Å². The molecule has 0 N–H and O–H groups in total. The molecule has 130 valence electrons. The van der Waals surface area contributed by atoms with Crippen LogP contribution in [0.15, 0.2) is 53.4 Å². The lowest BCUT2D eigenvalue weighted by molar-refractivity contribution is 0.384. The molecule has 2 aromatic rings. The number of methoxy groups -OCH3 is 1. The predicted octanol–water partition coefficient (Wildman–Crippen LogP) is 2.08. The molecule has 25 heavy (non-hydrogen) atoms. The summed E-state index contributed by atoms with van der Waals surface area (Å²) in [6.45, 7) is 1.92. The Bertz CT molecular complexity index is 898. The first-order valence-electron chi connectivity index (χ1n) is 7.94. The Morgan fingerprint density at radius 3 is 2.44 bits per heavy atom. The zero-order valence-corrected chi connectivity index (χ0v) is 14.7. The van der Waals surface area contributed by atoms with E-state index in [1.165, 1.54) is 16.4 Å². The number of hydrogen-bond donors (Lipinski definition) is 0. The highest BCUT2D eigenvalue weighted by Crippen LogP contribution is 2.25. The Kier molecular flexibility index (Phi) is 4.93. The van der Waals surface area contributed by atoms with E-state index in [4.69, 9.17) is 10.00 Å². The van der Waals surface area contributed by atoms with Crippen molar-refractivity contribution < 1.29 is 13.2 Å². The van der Waals surface area contributed by atoms with Crippen LogP contribution in [-0.4, -0.2) is 46.0 Å².